The van der Waals surface area contributed by atoms with Crippen LogP contribution in [0.4, 0.5) is 0 Å². The van der Waals surface area contributed by atoms with Gasteiger partial charge < -0.3 is 4.74 Å². The second kappa shape index (κ2) is 6.24. The summed E-state index contributed by atoms with van der Waals surface area (Å²) in [5, 5.41) is 0. The van der Waals surface area contributed by atoms with Gasteiger partial charge in [0.25, 0.3) is 0 Å². The lowest BCUT2D eigenvalue weighted by Crippen LogP contribution is -2.12. The van der Waals surface area contributed by atoms with Crippen molar-refractivity contribution in [3.05, 3.63) is 47.0 Å². The van der Waals surface area contributed by atoms with Crippen LogP contribution in [0.3, 0.4) is 0 Å². The zero-order chi connectivity index (χ0) is 12.8. The summed E-state index contributed by atoms with van der Waals surface area (Å²) in [6.07, 6.45) is 3.03. The molecule has 0 saturated carbocycles. The van der Waals surface area contributed by atoms with Gasteiger partial charge >= 0.3 is 5.97 Å². The third-order valence-electron chi connectivity index (χ3n) is 2.81. The molecule has 0 aliphatic heterocycles. The molecule has 92 valence electrons. The van der Waals surface area contributed by atoms with Crippen LogP contribution in [0.5, 0.6) is 0 Å². The molecule has 1 aromatic carbocycles. The Morgan fingerprint density at radius 1 is 1.35 bits per heavy atom. The Kier molecular flexibility index (Phi) is 4.95. The molecule has 0 fully saturated rings. The Labute approximate surface area is 103 Å². The molecule has 0 amide bonds. The van der Waals surface area contributed by atoms with Crippen molar-refractivity contribution in [2.24, 2.45) is 0 Å². The fourth-order valence-corrected chi connectivity index (χ4v) is 1.76. The summed E-state index contributed by atoms with van der Waals surface area (Å²) in [4.78, 5) is 11.6. The van der Waals surface area contributed by atoms with E-state index in [9.17, 15) is 4.79 Å². The first-order valence-corrected chi connectivity index (χ1v) is 5.85. The molecule has 1 rings (SSSR count). The van der Waals surface area contributed by atoms with Crippen LogP contribution in [0, 0.1) is 0 Å². The predicted molar refractivity (Wildman–Crippen MR) is 70.0 cm³/mol. The van der Waals surface area contributed by atoms with Crippen LogP contribution in [-0.4, -0.2) is 13.1 Å². The molecule has 0 saturated heterocycles. The number of rotatable bonds is 4. The van der Waals surface area contributed by atoms with E-state index >= 15 is 0 Å². The Hall–Kier alpha value is -1.57. The molecule has 1 aromatic rings. The van der Waals surface area contributed by atoms with Crippen molar-refractivity contribution in [1.29, 1.82) is 0 Å². The van der Waals surface area contributed by atoms with E-state index in [1.54, 1.807) is 0 Å². The summed E-state index contributed by atoms with van der Waals surface area (Å²) in [6, 6.07) is 8.02. The van der Waals surface area contributed by atoms with E-state index < -0.39 is 0 Å². The number of allylic oxidation sites excluding steroid dienone is 2. The van der Waals surface area contributed by atoms with E-state index in [2.05, 4.69) is 26.0 Å². The molecule has 0 aliphatic carbocycles. The first kappa shape index (κ1) is 13.5. The van der Waals surface area contributed by atoms with E-state index in [1.165, 1.54) is 18.2 Å². The van der Waals surface area contributed by atoms with E-state index in [4.69, 9.17) is 4.74 Å². The summed E-state index contributed by atoms with van der Waals surface area (Å²) in [6.45, 7) is 6.03. The van der Waals surface area contributed by atoms with Gasteiger partial charge in [-0.15, -0.1) is 0 Å². The van der Waals surface area contributed by atoms with Gasteiger partial charge in [0.15, 0.2) is 0 Å². The lowest BCUT2D eigenvalue weighted by atomic mass is 9.93. The number of ether oxygens (including phenoxy) is 1. The minimum absolute atomic E-state index is 0.186. The molecule has 1 atom stereocenters. The maximum absolute atomic E-state index is 11.6. The highest BCUT2D eigenvalue weighted by Crippen LogP contribution is 2.22. The quantitative estimate of drug-likeness (QED) is 0.587. The van der Waals surface area contributed by atoms with Gasteiger partial charge in [-0.1, -0.05) is 35.9 Å². The van der Waals surface area contributed by atoms with Crippen LogP contribution in [-0.2, 0) is 16.0 Å². The van der Waals surface area contributed by atoms with Crippen LogP contribution in [0.25, 0.3) is 0 Å². The van der Waals surface area contributed by atoms with Crippen LogP contribution in [0.2, 0.25) is 0 Å². The fourth-order valence-electron chi connectivity index (χ4n) is 1.76. The van der Waals surface area contributed by atoms with E-state index in [0.717, 1.165) is 12.0 Å². The number of methoxy groups -OCH3 is 1. The van der Waals surface area contributed by atoms with Crippen molar-refractivity contribution in [3.8, 4) is 0 Å². The number of carbonyl (C=O) groups is 1. The van der Waals surface area contributed by atoms with Gasteiger partial charge in [0.05, 0.1) is 13.0 Å². The molecule has 0 aromatic heterocycles. The van der Waals surface area contributed by atoms with Crippen molar-refractivity contribution in [3.63, 3.8) is 0 Å². The molecular formula is C15H20O2. The predicted octanol–water partition coefficient (Wildman–Crippen LogP) is 3.47. The number of esters is 1. The number of hydrogen-bond acceptors (Lipinski definition) is 2. The SMILES string of the molecule is COC(=O)C(C)c1ccccc1CC=C(C)C. The average Bonchev–Trinajstić information content (AvgIpc) is 2.34. The maximum atomic E-state index is 11.6. The summed E-state index contributed by atoms with van der Waals surface area (Å²) >= 11 is 0. The number of benzene rings is 1. The molecule has 0 heterocycles. The standard InChI is InChI=1S/C15H20O2/c1-11(2)9-10-13-7-5-6-8-14(13)12(3)15(16)17-4/h5-9,12H,10H2,1-4H3. The lowest BCUT2D eigenvalue weighted by molar-refractivity contribution is -0.142. The number of carbonyl (C=O) groups excluding carboxylic acids is 1. The minimum Gasteiger partial charge on any atom is -0.469 e. The molecule has 17 heavy (non-hydrogen) atoms. The number of hydrogen-bond donors (Lipinski definition) is 0. The van der Waals surface area contributed by atoms with Gasteiger partial charge in [0.1, 0.15) is 0 Å². The fraction of sp³-hybridized carbons (Fsp3) is 0.400. The van der Waals surface area contributed by atoms with Crippen LogP contribution >= 0.6 is 0 Å². The zero-order valence-corrected chi connectivity index (χ0v) is 11.0. The average molecular weight is 232 g/mol. The van der Waals surface area contributed by atoms with Gasteiger partial charge in [-0.3, -0.25) is 4.79 Å². The van der Waals surface area contributed by atoms with Crippen LogP contribution in [0.1, 0.15) is 37.8 Å². The van der Waals surface area contributed by atoms with Crippen molar-refractivity contribution < 1.29 is 9.53 Å². The maximum Gasteiger partial charge on any atom is 0.312 e. The summed E-state index contributed by atoms with van der Waals surface area (Å²) < 4.78 is 4.79. The van der Waals surface area contributed by atoms with Gasteiger partial charge in [-0.25, -0.2) is 0 Å². The highest BCUT2D eigenvalue weighted by atomic mass is 16.5. The first-order chi connectivity index (χ1) is 8.06. The highest BCUT2D eigenvalue weighted by molar-refractivity contribution is 5.78. The normalized spacial score (nSPS) is 11.8. The largest absolute Gasteiger partial charge is 0.469 e. The van der Waals surface area contributed by atoms with Gasteiger partial charge in [0.2, 0.25) is 0 Å². The molecule has 1 unspecified atom stereocenters. The molecule has 2 nitrogen and oxygen atoms in total. The van der Waals surface area contributed by atoms with Gasteiger partial charge in [0, 0.05) is 0 Å². The highest BCUT2D eigenvalue weighted by Gasteiger charge is 2.17. The van der Waals surface area contributed by atoms with E-state index in [-0.39, 0.29) is 11.9 Å². The molecule has 0 N–H and O–H groups in total. The van der Waals surface area contributed by atoms with E-state index in [1.807, 2.05) is 25.1 Å². The van der Waals surface area contributed by atoms with E-state index in [0.29, 0.717) is 0 Å². The molecule has 0 bridgehead atoms. The van der Waals surface area contributed by atoms with Crippen LogP contribution in [0.15, 0.2) is 35.9 Å². The lowest BCUT2D eigenvalue weighted by Gasteiger charge is -2.13. The second-order valence-electron chi connectivity index (χ2n) is 4.43. The Morgan fingerprint density at radius 3 is 2.59 bits per heavy atom. The summed E-state index contributed by atoms with van der Waals surface area (Å²) in [7, 11) is 1.43. The third-order valence-corrected chi connectivity index (χ3v) is 2.81. The molecule has 0 spiro atoms. The Morgan fingerprint density at radius 2 is 2.00 bits per heavy atom. The Balaban J connectivity index is 2.99. The van der Waals surface area contributed by atoms with Crippen molar-refractivity contribution in [2.75, 3.05) is 7.11 Å². The molecule has 0 aliphatic rings. The molecule has 2 heteroatoms. The minimum atomic E-state index is -0.207. The zero-order valence-electron chi connectivity index (χ0n) is 11.0. The topological polar surface area (TPSA) is 26.3 Å². The third kappa shape index (κ3) is 3.74. The van der Waals surface area contributed by atoms with Crippen molar-refractivity contribution in [2.45, 2.75) is 33.1 Å². The second-order valence-corrected chi connectivity index (χ2v) is 4.43. The first-order valence-electron chi connectivity index (χ1n) is 5.85. The van der Waals surface area contributed by atoms with Gasteiger partial charge in [-0.05, 0) is 38.3 Å². The van der Waals surface area contributed by atoms with Crippen LogP contribution < -0.4 is 0 Å². The van der Waals surface area contributed by atoms with Crippen molar-refractivity contribution >= 4 is 5.97 Å². The van der Waals surface area contributed by atoms with Gasteiger partial charge in [-0.2, -0.15) is 0 Å². The summed E-state index contributed by atoms with van der Waals surface area (Å²) in [5.74, 6) is -0.392. The Bertz CT molecular complexity index is 415. The summed E-state index contributed by atoms with van der Waals surface area (Å²) in [5.41, 5.74) is 3.52. The molecule has 0 radical (unpaired) electrons. The monoisotopic (exact) mass is 232 g/mol. The smallest absolute Gasteiger partial charge is 0.312 e. The van der Waals surface area contributed by atoms with Crippen molar-refractivity contribution in [1.82, 2.24) is 0 Å². The molecular weight excluding hydrogens is 212 g/mol.